The molecule has 0 amide bonds. The van der Waals surface area contributed by atoms with Gasteiger partial charge in [-0.1, -0.05) is 5.16 Å². The van der Waals surface area contributed by atoms with Crippen molar-refractivity contribution in [1.82, 2.24) is 5.16 Å². The molecule has 3 nitrogen and oxygen atoms in total. The average molecular weight is 152 g/mol. The van der Waals surface area contributed by atoms with Crippen LogP contribution in [0.4, 0.5) is 0 Å². The number of nitrogens with zero attached hydrogens (tertiary/aromatic N) is 1. The van der Waals surface area contributed by atoms with E-state index in [9.17, 15) is 0 Å². The largest absolute Gasteiger partial charge is 0.361 e. The van der Waals surface area contributed by atoms with Gasteiger partial charge in [-0.25, -0.2) is 0 Å². The van der Waals surface area contributed by atoms with Crippen molar-refractivity contribution in [3.05, 3.63) is 17.5 Å². The van der Waals surface area contributed by atoms with Gasteiger partial charge >= 0.3 is 0 Å². The van der Waals surface area contributed by atoms with Crippen LogP contribution in [0.25, 0.3) is 0 Å². The summed E-state index contributed by atoms with van der Waals surface area (Å²) in [6, 6.07) is 1.95. The average Bonchev–Trinajstić information content (AvgIpc) is 2.49. The molecule has 1 heterocycles. The quantitative estimate of drug-likeness (QED) is 0.688. The molecule has 0 saturated heterocycles. The van der Waals surface area contributed by atoms with Gasteiger partial charge in [-0.3, -0.25) is 0 Å². The Hall–Kier alpha value is -0.830. The van der Waals surface area contributed by atoms with Crippen LogP contribution in [0.15, 0.2) is 10.6 Å². The van der Waals surface area contributed by atoms with Gasteiger partial charge in [-0.05, 0) is 19.8 Å². The Balaban J connectivity index is 2.06. The van der Waals surface area contributed by atoms with Crippen LogP contribution in [-0.2, 0) is 6.42 Å². The molecule has 3 heteroatoms. The van der Waals surface area contributed by atoms with Gasteiger partial charge in [0.1, 0.15) is 5.76 Å². The summed E-state index contributed by atoms with van der Waals surface area (Å²) in [5.74, 6) is 0.865. The lowest BCUT2D eigenvalue weighted by atomic mass is 10.1. The van der Waals surface area contributed by atoms with Gasteiger partial charge in [-0.15, -0.1) is 0 Å². The summed E-state index contributed by atoms with van der Waals surface area (Å²) in [5, 5.41) is 3.89. The van der Waals surface area contributed by atoms with Gasteiger partial charge in [-0.2, -0.15) is 0 Å². The van der Waals surface area contributed by atoms with Crippen LogP contribution >= 0.6 is 0 Å². The van der Waals surface area contributed by atoms with Crippen molar-refractivity contribution in [1.29, 1.82) is 0 Å². The summed E-state index contributed by atoms with van der Waals surface area (Å²) in [7, 11) is 0. The molecule has 0 radical (unpaired) electrons. The van der Waals surface area contributed by atoms with E-state index < -0.39 is 0 Å². The molecular weight excluding hydrogens is 140 g/mol. The minimum atomic E-state index is 0.0450. The monoisotopic (exact) mass is 152 g/mol. The van der Waals surface area contributed by atoms with Gasteiger partial charge in [0.05, 0.1) is 5.69 Å². The van der Waals surface area contributed by atoms with E-state index in [0.717, 1.165) is 30.7 Å². The van der Waals surface area contributed by atoms with Crippen LogP contribution in [0.1, 0.15) is 24.3 Å². The number of hydrogen-bond donors (Lipinski definition) is 1. The number of hydrogen-bond acceptors (Lipinski definition) is 3. The molecule has 60 valence electrons. The third-order valence-corrected chi connectivity index (χ3v) is 2.10. The van der Waals surface area contributed by atoms with E-state index in [1.54, 1.807) is 0 Å². The molecule has 0 aliphatic heterocycles. The van der Waals surface area contributed by atoms with Crippen molar-refractivity contribution in [3.8, 4) is 0 Å². The molecule has 1 aliphatic rings. The van der Waals surface area contributed by atoms with E-state index in [2.05, 4.69) is 5.16 Å². The summed E-state index contributed by atoms with van der Waals surface area (Å²) in [6.07, 6.45) is 3.11. The summed E-state index contributed by atoms with van der Waals surface area (Å²) < 4.78 is 4.93. The molecule has 11 heavy (non-hydrogen) atoms. The molecule has 0 spiro atoms. The normalized spacial score (nSPS) is 20.2. The van der Waals surface area contributed by atoms with Crippen molar-refractivity contribution in [3.63, 3.8) is 0 Å². The van der Waals surface area contributed by atoms with Gasteiger partial charge in [0.15, 0.2) is 0 Å². The Kier molecular flexibility index (Phi) is 1.29. The predicted molar refractivity (Wildman–Crippen MR) is 41.1 cm³/mol. The zero-order valence-corrected chi connectivity index (χ0v) is 6.63. The van der Waals surface area contributed by atoms with Gasteiger partial charge in [0, 0.05) is 18.0 Å². The van der Waals surface area contributed by atoms with Crippen molar-refractivity contribution >= 4 is 0 Å². The molecule has 1 saturated carbocycles. The summed E-state index contributed by atoms with van der Waals surface area (Å²) in [4.78, 5) is 0. The lowest BCUT2D eigenvalue weighted by Crippen LogP contribution is -2.24. The molecule has 2 N–H and O–H groups in total. The first-order valence-corrected chi connectivity index (χ1v) is 3.89. The SMILES string of the molecule is Cc1cc(CC2(N)CC2)no1. The Labute approximate surface area is 65.6 Å². The molecule has 1 aromatic rings. The first-order valence-electron chi connectivity index (χ1n) is 3.89. The minimum absolute atomic E-state index is 0.0450. The fraction of sp³-hybridized carbons (Fsp3) is 0.625. The summed E-state index contributed by atoms with van der Waals surface area (Å²) in [5.41, 5.74) is 6.94. The molecule has 1 aliphatic carbocycles. The zero-order valence-electron chi connectivity index (χ0n) is 6.63. The van der Waals surface area contributed by atoms with Gasteiger partial charge in [0.2, 0.25) is 0 Å². The van der Waals surface area contributed by atoms with Crippen LogP contribution in [-0.4, -0.2) is 10.7 Å². The van der Waals surface area contributed by atoms with Crippen molar-refractivity contribution in [2.75, 3.05) is 0 Å². The second-order valence-corrected chi connectivity index (χ2v) is 3.47. The van der Waals surface area contributed by atoms with Gasteiger partial charge in [0.25, 0.3) is 0 Å². The summed E-state index contributed by atoms with van der Waals surface area (Å²) in [6.45, 7) is 1.90. The van der Waals surface area contributed by atoms with E-state index in [0.29, 0.717) is 0 Å². The second kappa shape index (κ2) is 2.08. The molecule has 0 bridgehead atoms. The molecule has 0 atom stereocenters. The zero-order chi connectivity index (χ0) is 7.90. The number of rotatable bonds is 2. The molecule has 2 rings (SSSR count). The van der Waals surface area contributed by atoms with Gasteiger partial charge < -0.3 is 10.3 Å². The number of aromatic nitrogens is 1. The second-order valence-electron chi connectivity index (χ2n) is 3.47. The standard InChI is InChI=1S/C8H12N2O/c1-6-4-7(10-11-6)5-8(9)2-3-8/h4H,2-3,5,9H2,1H3. The molecule has 1 aromatic heterocycles. The molecule has 1 fully saturated rings. The van der Waals surface area contributed by atoms with Crippen LogP contribution in [0.5, 0.6) is 0 Å². The van der Waals surface area contributed by atoms with Crippen LogP contribution < -0.4 is 5.73 Å². The Morgan fingerprint density at radius 1 is 1.73 bits per heavy atom. The topological polar surface area (TPSA) is 52.0 Å². The maximum absolute atomic E-state index is 5.91. The number of nitrogens with two attached hydrogens (primary N) is 1. The van der Waals surface area contributed by atoms with Crippen molar-refractivity contribution < 1.29 is 4.52 Å². The highest BCUT2D eigenvalue weighted by atomic mass is 16.5. The highest BCUT2D eigenvalue weighted by Crippen LogP contribution is 2.35. The predicted octanol–water partition coefficient (Wildman–Crippen LogP) is 1.02. The van der Waals surface area contributed by atoms with E-state index in [-0.39, 0.29) is 5.54 Å². The lowest BCUT2D eigenvalue weighted by molar-refractivity contribution is 0.387. The van der Waals surface area contributed by atoms with E-state index in [4.69, 9.17) is 10.3 Å². The fourth-order valence-corrected chi connectivity index (χ4v) is 1.20. The fourth-order valence-electron chi connectivity index (χ4n) is 1.20. The third-order valence-electron chi connectivity index (χ3n) is 2.10. The smallest absolute Gasteiger partial charge is 0.133 e. The lowest BCUT2D eigenvalue weighted by Gasteiger charge is -2.02. The Morgan fingerprint density at radius 3 is 2.91 bits per heavy atom. The Bertz CT molecular complexity index is 263. The Morgan fingerprint density at radius 2 is 2.45 bits per heavy atom. The highest BCUT2D eigenvalue weighted by molar-refractivity contribution is 5.12. The van der Waals surface area contributed by atoms with E-state index in [1.807, 2.05) is 13.0 Å². The van der Waals surface area contributed by atoms with Crippen LogP contribution in [0, 0.1) is 6.92 Å². The maximum Gasteiger partial charge on any atom is 0.133 e. The van der Waals surface area contributed by atoms with Crippen LogP contribution in [0.3, 0.4) is 0 Å². The van der Waals surface area contributed by atoms with Crippen LogP contribution in [0.2, 0.25) is 0 Å². The molecule has 0 aromatic carbocycles. The van der Waals surface area contributed by atoms with Crippen molar-refractivity contribution in [2.24, 2.45) is 5.73 Å². The number of aryl methyl sites for hydroxylation is 1. The van der Waals surface area contributed by atoms with E-state index >= 15 is 0 Å². The first-order chi connectivity index (χ1) is 5.18. The summed E-state index contributed by atoms with van der Waals surface area (Å²) >= 11 is 0. The third kappa shape index (κ3) is 1.43. The minimum Gasteiger partial charge on any atom is -0.361 e. The van der Waals surface area contributed by atoms with Crippen molar-refractivity contribution in [2.45, 2.75) is 31.7 Å². The maximum atomic E-state index is 5.91. The molecule has 0 unspecified atom stereocenters. The first kappa shape index (κ1) is 6.85. The van der Waals surface area contributed by atoms with E-state index in [1.165, 1.54) is 0 Å². The highest BCUT2D eigenvalue weighted by Gasteiger charge is 2.38. The molecular formula is C8H12N2O.